The van der Waals surface area contributed by atoms with E-state index in [1.165, 1.54) is 40.8 Å². The summed E-state index contributed by atoms with van der Waals surface area (Å²) in [5.74, 6) is 2.97. The summed E-state index contributed by atoms with van der Waals surface area (Å²) in [5, 5.41) is 3.54. The molecule has 1 aliphatic rings. The molecule has 2 rings (SSSR count). The van der Waals surface area contributed by atoms with E-state index in [0.29, 0.717) is 6.04 Å². The van der Waals surface area contributed by atoms with Crippen molar-refractivity contribution >= 4 is 27.7 Å². The van der Waals surface area contributed by atoms with E-state index in [-0.39, 0.29) is 0 Å². The highest BCUT2D eigenvalue weighted by molar-refractivity contribution is 9.10. The maximum absolute atomic E-state index is 3.54. The van der Waals surface area contributed by atoms with Gasteiger partial charge in [0.1, 0.15) is 0 Å². The molecule has 1 aromatic carbocycles. The Bertz CT molecular complexity index is 388. The zero-order chi connectivity index (χ0) is 13.7. The molecule has 19 heavy (non-hydrogen) atoms. The first-order chi connectivity index (χ1) is 9.19. The van der Waals surface area contributed by atoms with Crippen LogP contribution in [0.1, 0.15) is 32.6 Å². The van der Waals surface area contributed by atoms with Crippen LogP contribution in [0.2, 0.25) is 0 Å². The van der Waals surface area contributed by atoms with Crippen molar-refractivity contribution < 1.29 is 0 Å². The SMILES string of the molecule is CNC(CSc1cccc(Br)c1)C1CCC(C)CC1. The Balaban J connectivity index is 1.85. The quantitative estimate of drug-likeness (QED) is 0.760. The molecule has 0 saturated heterocycles. The summed E-state index contributed by atoms with van der Waals surface area (Å²) in [6.45, 7) is 2.39. The van der Waals surface area contributed by atoms with Crippen LogP contribution in [-0.4, -0.2) is 18.8 Å². The van der Waals surface area contributed by atoms with Crippen LogP contribution < -0.4 is 5.32 Å². The molecule has 0 bridgehead atoms. The number of hydrogen-bond donors (Lipinski definition) is 1. The first kappa shape index (κ1) is 15.4. The molecule has 0 amide bonds. The smallest absolute Gasteiger partial charge is 0.0186 e. The van der Waals surface area contributed by atoms with Crippen molar-refractivity contribution in [1.82, 2.24) is 5.32 Å². The average molecular weight is 342 g/mol. The van der Waals surface area contributed by atoms with E-state index in [4.69, 9.17) is 0 Å². The van der Waals surface area contributed by atoms with Gasteiger partial charge in [-0.15, -0.1) is 11.8 Å². The number of nitrogens with one attached hydrogen (secondary N) is 1. The van der Waals surface area contributed by atoms with Crippen LogP contribution in [0.5, 0.6) is 0 Å². The molecule has 106 valence electrons. The molecule has 1 nitrogen and oxygen atoms in total. The lowest BCUT2D eigenvalue weighted by Crippen LogP contribution is -2.37. The molecule has 0 radical (unpaired) electrons. The van der Waals surface area contributed by atoms with Crippen molar-refractivity contribution in [3.8, 4) is 0 Å². The lowest BCUT2D eigenvalue weighted by molar-refractivity contribution is 0.248. The zero-order valence-electron chi connectivity index (χ0n) is 11.9. The predicted octanol–water partition coefficient (Wildman–Crippen LogP) is 4.96. The fourth-order valence-electron chi connectivity index (χ4n) is 2.89. The van der Waals surface area contributed by atoms with Gasteiger partial charge in [-0.2, -0.15) is 0 Å². The minimum atomic E-state index is 0.650. The second-order valence-electron chi connectivity index (χ2n) is 5.68. The van der Waals surface area contributed by atoms with Crippen molar-refractivity contribution in [2.24, 2.45) is 11.8 Å². The second-order valence-corrected chi connectivity index (χ2v) is 7.69. The monoisotopic (exact) mass is 341 g/mol. The molecule has 0 aromatic heterocycles. The Kier molecular flexibility index (Phi) is 6.24. The Labute approximate surface area is 130 Å². The number of benzene rings is 1. The van der Waals surface area contributed by atoms with Gasteiger partial charge < -0.3 is 5.32 Å². The minimum Gasteiger partial charge on any atom is -0.316 e. The van der Waals surface area contributed by atoms with Gasteiger partial charge in [0.15, 0.2) is 0 Å². The third kappa shape index (κ3) is 4.80. The second kappa shape index (κ2) is 7.70. The van der Waals surface area contributed by atoms with Crippen molar-refractivity contribution in [3.05, 3.63) is 28.7 Å². The van der Waals surface area contributed by atoms with E-state index in [1.54, 1.807) is 0 Å². The topological polar surface area (TPSA) is 12.0 Å². The van der Waals surface area contributed by atoms with E-state index >= 15 is 0 Å². The Morgan fingerprint density at radius 2 is 2.05 bits per heavy atom. The molecule has 1 unspecified atom stereocenters. The van der Waals surface area contributed by atoms with Crippen LogP contribution in [-0.2, 0) is 0 Å². The third-order valence-electron chi connectivity index (χ3n) is 4.23. The lowest BCUT2D eigenvalue weighted by Gasteiger charge is -2.32. The molecule has 0 spiro atoms. The van der Waals surface area contributed by atoms with Gasteiger partial charge in [0.05, 0.1) is 0 Å². The van der Waals surface area contributed by atoms with Crippen molar-refractivity contribution in [2.75, 3.05) is 12.8 Å². The number of hydrogen-bond acceptors (Lipinski definition) is 2. The van der Waals surface area contributed by atoms with E-state index < -0.39 is 0 Å². The Hall–Kier alpha value is 0.01000. The summed E-state index contributed by atoms with van der Waals surface area (Å²) in [5.41, 5.74) is 0. The fourth-order valence-corrected chi connectivity index (χ4v) is 4.63. The van der Waals surface area contributed by atoms with E-state index in [2.05, 4.69) is 59.5 Å². The largest absolute Gasteiger partial charge is 0.316 e. The van der Waals surface area contributed by atoms with Gasteiger partial charge in [0, 0.05) is 21.2 Å². The van der Waals surface area contributed by atoms with Crippen LogP contribution in [0.3, 0.4) is 0 Å². The van der Waals surface area contributed by atoms with Crippen LogP contribution in [0.4, 0.5) is 0 Å². The first-order valence-corrected chi connectivity index (χ1v) is 9.02. The first-order valence-electron chi connectivity index (χ1n) is 7.24. The van der Waals surface area contributed by atoms with Crippen molar-refractivity contribution in [1.29, 1.82) is 0 Å². The normalized spacial score (nSPS) is 25.2. The molecule has 1 aliphatic carbocycles. The zero-order valence-corrected chi connectivity index (χ0v) is 14.3. The number of rotatable bonds is 5. The molecule has 0 heterocycles. The molecule has 1 fully saturated rings. The highest BCUT2D eigenvalue weighted by atomic mass is 79.9. The van der Waals surface area contributed by atoms with Gasteiger partial charge in [-0.25, -0.2) is 0 Å². The molecular weight excluding hydrogens is 318 g/mol. The highest BCUT2D eigenvalue weighted by Crippen LogP contribution is 2.32. The molecule has 0 aliphatic heterocycles. The van der Waals surface area contributed by atoms with Gasteiger partial charge in [0.2, 0.25) is 0 Å². The van der Waals surface area contributed by atoms with E-state index in [9.17, 15) is 0 Å². The maximum atomic E-state index is 3.54. The summed E-state index contributed by atoms with van der Waals surface area (Å²) >= 11 is 5.51. The van der Waals surface area contributed by atoms with Crippen molar-refractivity contribution in [2.45, 2.75) is 43.5 Å². The summed E-state index contributed by atoms with van der Waals surface area (Å²) in [6.07, 6.45) is 5.60. The lowest BCUT2D eigenvalue weighted by atomic mass is 9.80. The summed E-state index contributed by atoms with van der Waals surface area (Å²) in [7, 11) is 2.12. The molecule has 1 N–H and O–H groups in total. The molecule has 3 heteroatoms. The molecule has 1 aromatic rings. The van der Waals surface area contributed by atoms with Gasteiger partial charge >= 0.3 is 0 Å². The van der Waals surface area contributed by atoms with Crippen LogP contribution >= 0.6 is 27.7 Å². The minimum absolute atomic E-state index is 0.650. The third-order valence-corrected chi connectivity index (χ3v) is 5.83. The van der Waals surface area contributed by atoms with E-state index in [0.717, 1.165) is 11.8 Å². The number of thioether (sulfide) groups is 1. The predicted molar refractivity (Wildman–Crippen MR) is 88.8 cm³/mol. The summed E-state index contributed by atoms with van der Waals surface area (Å²) in [4.78, 5) is 1.36. The van der Waals surface area contributed by atoms with Gasteiger partial charge in [-0.05, 0) is 49.9 Å². The standard InChI is InChI=1S/C16H24BrNS/c1-12-6-8-13(9-7-12)16(18-2)11-19-15-5-3-4-14(17)10-15/h3-5,10,12-13,16,18H,6-9,11H2,1-2H3. The fraction of sp³-hybridized carbons (Fsp3) is 0.625. The Morgan fingerprint density at radius 3 is 2.68 bits per heavy atom. The van der Waals surface area contributed by atoms with E-state index in [1.807, 2.05) is 11.8 Å². The average Bonchev–Trinajstić information content (AvgIpc) is 2.41. The van der Waals surface area contributed by atoms with Gasteiger partial charge in [-0.3, -0.25) is 0 Å². The maximum Gasteiger partial charge on any atom is 0.0186 e. The molecule has 1 atom stereocenters. The highest BCUT2D eigenvalue weighted by Gasteiger charge is 2.24. The Morgan fingerprint density at radius 1 is 1.32 bits per heavy atom. The molecule has 1 saturated carbocycles. The number of halogens is 1. The van der Waals surface area contributed by atoms with Gasteiger partial charge in [0.25, 0.3) is 0 Å². The summed E-state index contributed by atoms with van der Waals surface area (Å²) < 4.78 is 1.17. The molecular formula is C16H24BrNS. The van der Waals surface area contributed by atoms with Crippen LogP contribution in [0.15, 0.2) is 33.6 Å². The van der Waals surface area contributed by atoms with Crippen LogP contribution in [0, 0.1) is 11.8 Å². The van der Waals surface area contributed by atoms with Crippen molar-refractivity contribution in [3.63, 3.8) is 0 Å². The van der Waals surface area contributed by atoms with Gasteiger partial charge in [-0.1, -0.05) is 41.8 Å². The summed E-state index contributed by atoms with van der Waals surface area (Å²) in [6, 6.07) is 9.26. The van der Waals surface area contributed by atoms with Crippen LogP contribution in [0.25, 0.3) is 0 Å².